The molecule has 0 saturated heterocycles. The van der Waals surface area contributed by atoms with Crippen LogP contribution in [-0.4, -0.2) is 9.41 Å². The Kier molecular flexibility index (Phi) is 7.52. The van der Waals surface area contributed by atoms with E-state index in [9.17, 15) is 0 Å². The van der Waals surface area contributed by atoms with Crippen molar-refractivity contribution < 1.29 is 0 Å². The number of aromatic nitrogens is 1. The SMILES string of the molecule is ICCCC/C=C\CCc1cccnc1. The first-order chi connectivity index (χ1) is 7.43. The lowest BCUT2D eigenvalue weighted by Crippen LogP contribution is -1.83. The van der Waals surface area contributed by atoms with Crippen LogP contribution in [0.1, 0.15) is 31.2 Å². The van der Waals surface area contributed by atoms with E-state index < -0.39 is 0 Å². The molecule has 1 aromatic rings. The van der Waals surface area contributed by atoms with Crippen molar-refractivity contribution in [3.05, 3.63) is 42.2 Å². The molecule has 0 N–H and O–H groups in total. The molecule has 0 radical (unpaired) electrons. The van der Waals surface area contributed by atoms with E-state index in [4.69, 9.17) is 0 Å². The van der Waals surface area contributed by atoms with Gasteiger partial charge in [0, 0.05) is 12.4 Å². The quantitative estimate of drug-likeness (QED) is 0.318. The summed E-state index contributed by atoms with van der Waals surface area (Å²) >= 11 is 2.43. The lowest BCUT2D eigenvalue weighted by atomic mass is 10.1. The molecule has 0 bridgehead atoms. The van der Waals surface area contributed by atoms with Crippen molar-refractivity contribution in [3.8, 4) is 0 Å². The molecule has 1 heterocycles. The minimum Gasteiger partial charge on any atom is -0.264 e. The molecule has 0 atom stereocenters. The number of nitrogens with zero attached hydrogens (tertiary/aromatic N) is 1. The number of pyridine rings is 1. The number of alkyl halides is 1. The number of unbranched alkanes of at least 4 members (excludes halogenated alkanes) is 2. The van der Waals surface area contributed by atoms with Gasteiger partial charge in [0.2, 0.25) is 0 Å². The number of allylic oxidation sites excluding steroid dienone is 2. The van der Waals surface area contributed by atoms with Crippen molar-refractivity contribution in [2.75, 3.05) is 4.43 Å². The van der Waals surface area contributed by atoms with Gasteiger partial charge in [-0.3, -0.25) is 4.98 Å². The lowest BCUT2D eigenvalue weighted by molar-refractivity contribution is 0.826. The van der Waals surface area contributed by atoms with E-state index >= 15 is 0 Å². The minimum atomic E-state index is 1.11. The lowest BCUT2D eigenvalue weighted by Gasteiger charge is -1.96. The summed E-state index contributed by atoms with van der Waals surface area (Å²) in [5.74, 6) is 0. The first kappa shape index (κ1) is 12.7. The number of hydrogen-bond acceptors (Lipinski definition) is 1. The van der Waals surface area contributed by atoms with Gasteiger partial charge in [-0.15, -0.1) is 0 Å². The van der Waals surface area contributed by atoms with Crippen LogP contribution in [0.25, 0.3) is 0 Å². The van der Waals surface area contributed by atoms with E-state index in [1.165, 1.54) is 29.3 Å². The van der Waals surface area contributed by atoms with Gasteiger partial charge in [0.1, 0.15) is 0 Å². The second-order valence-corrected chi connectivity index (χ2v) is 4.63. The molecule has 0 unspecified atom stereocenters. The molecule has 0 aliphatic rings. The predicted octanol–water partition coefficient (Wildman–Crippen LogP) is 4.18. The van der Waals surface area contributed by atoms with Gasteiger partial charge < -0.3 is 0 Å². The smallest absolute Gasteiger partial charge is 0.0299 e. The third-order valence-corrected chi connectivity index (χ3v) is 3.01. The van der Waals surface area contributed by atoms with Crippen LogP contribution in [0.2, 0.25) is 0 Å². The maximum Gasteiger partial charge on any atom is 0.0299 e. The molecule has 1 aromatic heterocycles. The van der Waals surface area contributed by atoms with Crippen LogP contribution in [-0.2, 0) is 6.42 Å². The third-order valence-electron chi connectivity index (χ3n) is 2.24. The van der Waals surface area contributed by atoms with E-state index in [0.29, 0.717) is 0 Å². The minimum absolute atomic E-state index is 1.11. The van der Waals surface area contributed by atoms with Crippen LogP contribution in [0.4, 0.5) is 0 Å². The van der Waals surface area contributed by atoms with E-state index in [0.717, 1.165) is 12.8 Å². The molecule has 0 amide bonds. The normalized spacial score (nSPS) is 11.0. The highest BCUT2D eigenvalue weighted by molar-refractivity contribution is 14.1. The Morgan fingerprint density at radius 2 is 2.07 bits per heavy atom. The molecule has 82 valence electrons. The summed E-state index contributed by atoms with van der Waals surface area (Å²) in [5.41, 5.74) is 1.33. The monoisotopic (exact) mass is 315 g/mol. The van der Waals surface area contributed by atoms with Gasteiger partial charge >= 0.3 is 0 Å². The summed E-state index contributed by atoms with van der Waals surface area (Å²) in [7, 11) is 0. The Hall–Kier alpha value is -0.380. The first-order valence-corrected chi connectivity index (χ1v) is 7.06. The van der Waals surface area contributed by atoms with Crippen molar-refractivity contribution in [2.45, 2.75) is 32.1 Å². The van der Waals surface area contributed by atoms with E-state index in [2.05, 4.69) is 45.8 Å². The molecule has 0 aliphatic heterocycles. The van der Waals surface area contributed by atoms with E-state index in [-0.39, 0.29) is 0 Å². The number of hydrogen-bond donors (Lipinski definition) is 0. The van der Waals surface area contributed by atoms with Gasteiger partial charge in [-0.1, -0.05) is 40.8 Å². The Morgan fingerprint density at radius 3 is 2.80 bits per heavy atom. The molecule has 0 aromatic carbocycles. The Labute approximate surface area is 106 Å². The highest BCUT2D eigenvalue weighted by Gasteiger charge is 1.88. The van der Waals surface area contributed by atoms with Gasteiger partial charge in [-0.05, 0) is 48.2 Å². The Bertz CT molecular complexity index is 269. The summed E-state index contributed by atoms with van der Waals surface area (Å²) in [6.07, 6.45) is 14.5. The van der Waals surface area contributed by atoms with Gasteiger partial charge in [-0.25, -0.2) is 0 Å². The average Bonchev–Trinajstić information content (AvgIpc) is 2.29. The summed E-state index contributed by atoms with van der Waals surface area (Å²) in [5, 5.41) is 0. The maximum absolute atomic E-state index is 4.10. The summed E-state index contributed by atoms with van der Waals surface area (Å²) in [6, 6.07) is 4.14. The fourth-order valence-corrected chi connectivity index (χ4v) is 1.93. The van der Waals surface area contributed by atoms with Crippen molar-refractivity contribution in [1.82, 2.24) is 4.98 Å². The fourth-order valence-electron chi connectivity index (χ4n) is 1.39. The second-order valence-electron chi connectivity index (χ2n) is 3.56. The average molecular weight is 315 g/mol. The standard InChI is InChI=1S/C13H18IN/c14-10-6-4-2-1-3-5-8-13-9-7-11-15-12-13/h1,3,7,9,11-12H,2,4-6,8,10H2/b3-1-. The molecule has 1 rings (SSSR count). The molecular weight excluding hydrogens is 297 g/mol. The van der Waals surface area contributed by atoms with Crippen LogP contribution in [0.15, 0.2) is 36.7 Å². The van der Waals surface area contributed by atoms with E-state index in [1.54, 1.807) is 0 Å². The highest BCUT2D eigenvalue weighted by Crippen LogP contribution is 2.03. The van der Waals surface area contributed by atoms with Crippen molar-refractivity contribution in [2.24, 2.45) is 0 Å². The molecule has 0 saturated carbocycles. The summed E-state index contributed by atoms with van der Waals surface area (Å²) in [4.78, 5) is 4.10. The number of rotatable bonds is 7. The van der Waals surface area contributed by atoms with Gasteiger partial charge in [0.05, 0.1) is 0 Å². The zero-order chi connectivity index (χ0) is 10.8. The van der Waals surface area contributed by atoms with Crippen LogP contribution in [0, 0.1) is 0 Å². The molecule has 0 fully saturated rings. The third kappa shape index (κ3) is 6.66. The van der Waals surface area contributed by atoms with E-state index in [1.807, 2.05) is 18.5 Å². The van der Waals surface area contributed by atoms with Crippen molar-refractivity contribution in [3.63, 3.8) is 0 Å². The Morgan fingerprint density at radius 1 is 1.20 bits per heavy atom. The number of aryl methyl sites for hydroxylation is 1. The van der Waals surface area contributed by atoms with Gasteiger partial charge in [0.25, 0.3) is 0 Å². The molecule has 1 nitrogen and oxygen atoms in total. The van der Waals surface area contributed by atoms with Crippen molar-refractivity contribution in [1.29, 1.82) is 0 Å². The van der Waals surface area contributed by atoms with Crippen molar-refractivity contribution >= 4 is 22.6 Å². The maximum atomic E-state index is 4.10. The summed E-state index contributed by atoms with van der Waals surface area (Å²) in [6.45, 7) is 0. The fraction of sp³-hybridized carbons (Fsp3) is 0.462. The predicted molar refractivity (Wildman–Crippen MR) is 74.4 cm³/mol. The second kappa shape index (κ2) is 8.89. The summed E-state index contributed by atoms with van der Waals surface area (Å²) < 4.78 is 1.28. The van der Waals surface area contributed by atoms with Crippen LogP contribution < -0.4 is 0 Å². The first-order valence-electron chi connectivity index (χ1n) is 5.53. The van der Waals surface area contributed by atoms with Crippen LogP contribution >= 0.6 is 22.6 Å². The molecule has 0 spiro atoms. The highest BCUT2D eigenvalue weighted by atomic mass is 127. The molecular formula is C13H18IN. The van der Waals surface area contributed by atoms with Gasteiger partial charge in [0.15, 0.2) is 0 Å². The van der Waals surface area contributed by atoms with Crippen LogP contribution in [0.5, 0.6) is 0 Å². The molecule has 2 heteroatoms. The van der Waals surface area contributed by atoms with Crippen LogP contribution in [0.3, 0.4) is 0 Å². The molecule has 0 aliphatic carbocycles. The van der Waals surface area contributed by atoms with Gasteiger partial charge in [-0.2, -0.15) is 0 Å². The zero-order valence-electron chi connectivity index (χ0n) is 9.03. The zero-order valence-corrected chi connectivity index (χ0v) is 11.2. The number of halogens is 1. The topological polar surface area (TPSA) is 12.9 Å². The molecule has 15 heavy (non-hydrogen) atoms. The largest absolute Gasteiger partial charge is 0.264 e. The Balaban J connectivity index is 2.06.